The van der Waals surface area contributed by atoms with E-state index in [1.54, 1.807) is 23.0 Å². The van der Waals surface area contributed by atoms with Crippen molar-refractivity contribution in [3.05, 3.63) is 78.1 Å². The maximum atomic E-state index is 13.4. The van der Waals surface area contributed by atoms with E-state index in [0.29, 0.717) is 30.2 Å². The molecule has 0 N–H and O–H groups in total. The lowest BCUT2D eigenvalue weighted by Gasteiger charge is -2.29. The summed E-state index contributed by atoms with van der Waals surface area (Å²) in [4.78, 5) is 19.4. The van der Waals surface area contributed by atoms with Gasteiger partial charge in [0.25, 0.3) is 0 Å². The van der Waals surface area contributed by atoms with Crippen molar-refractivity contribution in [2.24, 2.45) is 0 Å². The van der Waals surface area contributed by atoms with Crippen LogP contribution in [0.2, 0.25) is 0 Å². The number of carbonyl (C=O) groups excluding carboxylic acids is 1. The summed E-state index contributed by atoms with van der Waals surface area (Å²) in [6.07, 6.45) is 3.46. The van der Waals surface area contributed by atoms with Crippen molar-refractivity contribution in [2.45, 2.75) is 19.9 Å². The highest BCUT2D eigenvalue weighted by atomic mass is 19.1. The van der Waals surface area contributed by atoms with Crippen molar-refractivity contribution >= 4 is 12.1 Å². The van der Waals surface area contributed by atoms with Crippen LogP contribution in [0, 0.1) is 5.95 Å². The summed E-state index contributed by atoms with van der Waals surface area (Å²) < 4.78 is 15.1. The first-order valence-corrected chi connectivity index (χ1v) is 9.81. The number of pyridine rings is 1. The van der Waals surface area contributed by atoms with E-state index >= 15 is 0 Å². The number of aldehydes is 1. The van der Waals surface area contributed by atoms with Gasteiger partial charge in [-0.25, -0.2) is 4.98 Å². The van der Waals surface area contributed by atoms with Gasteiger partial charge in [0.15, 0.2) is 12.1 Å². The van der Waals surface area contributed by atoms with E-state index in [-0.39, 0.29) is 0 Å². The van der Waals surface area contributed by atoms with Crippen molar-refractivity contribution < 1.29 is 9.18 Å². The minimum absolute atomic E-state index is 0.502. The fourth-order valence-corrected chi connectivity index (χ4v) is 3.16. The van der Waals surface area contributed by atoms with Gasteiger partial charge in [0.05, 0.1) is 17.8 Å². The number of carbonyl (C=O) groups is 1. The van der Waals surface area contributed by atoms with E-state index in [2.05, 4.69) is 23.6 Å². The van der Waals surface area contributed by atoms with Gasteiger partial charge in [0.1, 0.15) is 5.82 Å². The van der Waals surface area contributed by atoms with E-state index in [0.717, 1.165) is 29.7 Å². The number of aromatic nitrogens is 3. The molecule has 2 heterocycles. The van der Waals surface area contributed by atoms with Gasteiger partial charge in [-0.05, 0) is 24.1 Å². The highest BCUT2D eigenvalue weighted by Gasteiger charge is 2.19. The number of hydrogen-bond donors (Lipinski definition) is 0. The molecule has 0 amide bonds. The third-order valence-electron chi connectivity index (χ3n) is 4.74. The second-order valence-corrected chi connectivity index (χ2v) is 7.23. The van der Waals surface area contributed by atoms with Crippen molar-refractivity contribution in [1.82, 2.24) is 19.7 Å². The number of halogens is 1. The monoisotopic (exact) mass is 407 g/mol. The molecule has 3 aromatic rings. The molecule has 0 bridgehead atoms. The quantitative estimate of drug-likeness (QED) is 0.393. The van der Waals surface area contributed by atoms with Crippen LogP contribution in [0.25, 0.3) is 11.3 Å². The number of rotatable bonds is 9. The molecule has 3 rings (SSSR count). The predicted molar refractivity (Wildman–Crippen MR) is 117 cm³/mol. The molecule has 6 nitrogen and oxygen atoms in total. The molecular formula is C23H26FN5O. The third-order valence-corrected chi connectivity index (χ3v) is 4.74. The Hall–Kier alpha value is -3.48. The van der Waals surface area contributed by atoms with Gasteiger partial charge in [-0.1, -0.05) is 43.8 Å². The maximum absolute atomic E-state index is 13.4. The van der Waals surface area contributed by atoms with Crippen LogP contribution in [0.1, 0.15) is 29.3 Å². The first-order valence-electron chi connectivity index (χ1n) is 9.81. The van der Waals surface area contributed by atoms with Gasteiger partial charge >= 0.3 is 0 Å². The van der Waals surface area contributed by atoms with Crippen LogP contribution in [0.15, 0.2) is 61.1 Å². The molecule has 0 spiro atoms. The summed E-state index contributed by atoms with van der Waals surface area (Å²) in [6.45, 7) is 7.41. The van der Waals surface area contributed by atoms with Crippen molar-refractivity contribution in [1.29, 1.82) is 0 Å². The fraction of sp³-hybridized carbons (Fsp3) is 0.261. The highest BCUT2D eigenvalue weighted by molar-refractivity contribution is 5.83. The van der Waals surface area contributed by atoms with E-state index in [4.69, 9.17) is 0 Å². The number of benzene rings is 1. The van der Waals surface area contributed by atoms with Gasteiger partial charge in [-0.15, -0.1) is 0 Å². The van der Waals surface area contributed by atoms with Crippen molar-refractivity contribution in [3.63, 3.8) is 0 Å². The molecule has 30 heavy (non-hydrogen) atoms. The van der Waals surface area contributed by atoms with E-state index in [9.17, 15) is 9.18 Å². The zero-order chi connectivity index (χ0) is 21.7. The van der Waals surface area contributed by atoms with Gasteiger partial charge in [-0.3, -0.25) is 9.48 Å². The van der Waals surface area contributed by atoms with Crippen LogP contribution in [0.3, 0.4) is 0 Å². The summed E-state index contributed by atoms with van der Waals surface area (Å²) in [7, 11) is 3.83. The average molecular weight is 407 g/mol. The van der Waals surface area contributed by atoms with Crippen LogP contribution in [-0.2, 0) is 6.54 Å². The lowest BCUT2D eigenvalue weighted by Crippen LogP contribution is -2.32. The zero-order valence-electron chi connectivity index (χ0n) is 17.5. The molecule has 0 saturated heterocycles. The van der Waals surface area contributed by atoms with Crippen LogP contribution < -0.4 is 4.90 Å². The molecule has 0 fully saturated rings. The molecule has 0 radical (unpaired) electrons. The molecular weight excluding hydrogens is 381 g/mol. The van der Waals surface area contributed by atoms with E-state index in [1.807, 2.05) is 48.2 Å². The van der Waals surface area contributed by atoms with Crippen LogP contribution in [0.5, 0.6) is 0 Å². The minimum atomic E-state index is -0.502. The molecule has 156 valence electrons. The molecule has 2 aromatic heterocycles. The average Bonchev–Trinajstić information content (AvgIpc) is 3.14. The van der Waals surface area contributed by atoms with Crippen LogP contribution in [0.4, 0.5) is 10.2 Å². The zero-order valence-corrected chi connectivity index (χ0v) is 17.5. The molecule has 0 unspecified atom stereocenters. The number of anilines is 1. The lowest BCUT2D eigenvalue weighted by atomic mass is 10.1. The normalized spacial score (nSPS) is 10.7. The first kappa shape index (κ1) is 21.2. The maximum Gasteiger partial charge on any atom is 0.213 e. The minimum Gasteiger partial charge on any atom is -0.365 e. The predicted octanol–water partition coefficient (Wildman–Crippen LogP) is 4.19. The Balaban J connectivity index is 1.83. The third kappa shape index (κ3) is 4.74. The van der Waals surface area contributed by atoms with Crippen LogP contribution >= 0.6 is 0 Å². The Bertz CT molecular complexity index is 1030. The SMILES string of the molecule is C=C(N(C)C)N(CCC)c1nn(Cc2ccc(-c3cccc(F)n3)cc2)cc1C=O. The smallest absolute Gasteiger partial charge is 0.213 e. The summed E-state index contributed by atoms with van der Waals surface area (Å²) in [5.74, 6) is 0.876. The van der Waals surface area contributed by atoms with Gasteiger partial charge in [-0.2, -0.15) is 9.49 Å². The van der Waals surface area contributed by atoms with Crippen LogP contribution in [-0.4, -0.2) is 46.6 Å². The van der Waals surface area contributed by atoms with Gasteiger partial charge < -0.3 is 9.80 Å². The van der Waals surface area contributed by atoms with E-state index < -0.39 is 5.95 Å². The summed E-state index contributed by atoms with van der Waals surface area (Å²) in [5, 5.41) is 4.65. The Morgan fingerprint density at radius 1 is 1.20 bits per heavy atom. The molecule has 0 atom stereocenters. The van der Waals surface area contributed by atoms with Crippen molar-refractivity contribution in [2.75, 3.05) is 25.5 Å². The first-order chi connectivity index (χ1) is 14.4. The summed E-state index contributed by atoms with van der Waals surface area (Å²) >= 11 is 0. The Kier molecular flexibility index (Phi) is 6.61. The fourth-order valence-electron chi connectivity index (χ4n) is 3.16. The standard InChI is InChI=1S/C23H26FN5O/c1-5-13-29(17(2)27(3)4)23-20(16-30)15-28(26-23)14-18-9-11-19(12-10-18)21-7-6-8-22(24)25-21/h6-12,15-16H,2,5,13-14H2,1,3-4H3. The van der Waals surface area contributed by atoms with Crippen molar-refractivity contribution in [3.8, 4) is 11.3 Å². The van der Waals surface area contributed by atoms with E-state index in [1.165, 1.54) is 6.07 Å². The van der Waals surface area contributed by atoms with Gasteiger partial charge in [0, 0.05) is 32.4 Å². The highest BCUT2D eigenvalue weighted by Crippen LogP contribution is 2.23. The summed E-state index contributed by atoms with van der Waals surface area (Å²) in [5.41, 5.74) is 2.95. The second kappa shape index (κ2) is 9.35. The van der Waals surface area contributed by atoms with Gasteiger partial charge in [0.2, 0.25) is 5.95 Å². The molecule has 0 aliphatic heterocycles. The Morgan fingerprint density at radius 3 is 2.53 bits per heavy atom. The molecule has 0 saturated carbocycles. The summed E-state index contributed by atoms with van der Waals surface area (Å²) in [6, 6.07) is 12.4. The molecule has 0 aliphatic carbocycles. The Morgan fingerprint density at radius 2 is 1.93 bits per heavy atom. The second-order valence-electron chi connectivity index (χ2n) is 7.23. The molecule has 7 heteroatoms. The lowest BCUT2D eigenvalue weighted by molar-refractivity contribution is 0.112. The number of nitrogens with zero attached hydrogens (tertiary/aromatic N) is 5. The molecule has 1 aromatic carbocycles. The Labute approximate surface area is 176 Å². The molecule has 0 aliphatic rings. The topological polar surface area (TPSA) is 54.3 Å². The number of hydrogen-bond acceptors (Lipinski definition) is 5. The largest absolute Gasteiger partial charge is 0.365 e.